The molecule has 2 nitrogen and oxygen atoms in total. The normalized spacial score (nSPS) is 12.5. The molecule has 14 heavy (non-hydrogen) atoms. The second-order valence-corrected chi connectivity index (χ2v) is 5.02. The molecular weight excluding hydrogens is 243 g/mol. The van der Waals surface area contributed by atoms with E-state index in [1.54, 1.807) is 12.1 Å². The van der Waals surface area contributed by atoms with Crippen molar-refractivity contribution in [1.29, 1.82) is 0 Å². The molecule has 1 aromatic rings. The molecule has 0 aliphatic carbocycles. The van der Waals surface area contributed by atoms with E-state index in [0.29, 0.717) is 15.6 Å². The fraction of sp³-hybridized carbons (Fsp3) is 0.222. The monoisotopic (exact) mass is 250 g/mol. The van der Waals surface area contributed by atoms with Crippen molar-refractivity contribution >= 4 is 39.8 Å². The van der Waals surface area contributed by atoms with Crippen molar-refractivity contribution in [2.45, 2.75) is 0 Å². The highest BCUT2D eigenvalue weighted by Crippen LogP contribution is 2.22. The average Bonchev–Trinajstić information content (AvgIpc) is 2.08. The highest BCUT2D eigenvalue weighted by Gasteiger charge is 2.09. The summed E-state index contributed by atoms with van der Waals surface area (Å²) in [5, 5.41) is 0.736. The van der Waals surface area contributed by atoms with Gasteiger partial charge in [-0.15, -0.1) is 0 Å². The molecule has 76 valence electrons. The fourth-order valence-electron chi connectivity index (χ4n) is 0.938. The molecule has 1 unspecified atom stereocenters. The maximum atomic E-state index is 11.4. The van der Waals surface area contributed by atoms with Crippen LogP contribution in [0.15, 0.2) is 18.2 Å². The van der Waals surface area contributed by atoms with Gasteiger partial charge in [0.1, 0.15) is 0 Å². The third kappa shape index (κ3) is 3.08. The fourth-order valence-corrected chi connectivity index (χ4v) is 1.77. The molecule has 1 aromatic carbocycles. The first-order valence-corrected chi connectivity index (χ1v) is 6.27. The molecule has 0 aliphatic heterocycles. The minimum absolute atomic E-state index is 0.0119. The van der Waals surface area contributed by atoms with Crippen molar-refractivity contribution in [3.05, 3.63) is 33.8 Å². The number of hydrogen-bond donors (Lipinski definition) is 0. The van der Waals surface area contributed by atoms with Crippen LogP contribution in [0.3, 0.4) is 0 Å². The first kappa shape index (κ1) is 11.7. The van der Waals surface area contributed by atoms with Crippen LogP contribution in [0.5, 0.6) is 0 Å². The van der Waals surface area contributed by atoms with Gasteiger partial charge in [-0.2, -0.15) is 0 Å². The van der Waals surface area contributed by atoms with Gasteiger partial charge in [-0.1, -0.05) is 23.2 Å². The van der Waals surface area contributed by atoms with Crippen LogP contribution in [0.4, 0.5) is 0 Å². The van der Waals surface area contributed by atoms with E-state index in [0.717, 1.165) is 0 Å². The molecule has 0 aromatic heterocycles. The Morgan fingerprint density at radius 2 is 2.00 bits per heavy atom. The Morgan fingerprint density at radius 1 is 1.36 bits per heavy atom. The molecule has 0 saturated carbocycles. The van der Waals surface area contributed by atoms with Crippen LogP contribution < -0.4 is 0 Å². The van der Waals surface area contributed by atoms with Gasteiger partial charge in [0.15, 0.2) is 5.78 Å². The minimum atomic E-state index is -1.13. The maximum absolute atomic E-state index is 11.4. The lowest BCUT2D eigenvalue weighted by Crippen LogP contribution is -2.09. The molecule has 0 spiro atoms. The third-order valence-electron chi connectivity index (χ3n) is 1.58. The summed E-state index contributed by atoms with van der Waals surface area (Å²) in [4.78, 5) is 11.4. The number of ketones is 1. The molecule has 0 radical (unpaired) electrons. The molecule has 0 aliphatic rings. The molecule has 0 heterocycles. The Bertz CT molecular complexity index is 390. The number of halogens is 2. The number of benzene rings is 1. The van der Waals surface area contributed by atoms with E-state index >= 15 is 0 Å². The standard InChI is InChI=1S/C9H8Cl2O2S/c1-14(13)5-9(12)6-2-3-7(10)8(11)4-6/h2-4H,5H2,1H3. The van der Waals surface area contributed by atoms with Crippen LogP contribution in [-0.2, 0) is 10.8 Å². The summed E-state index contributed by atoms with van der Waals surface area (Å²) in [6.45, 7) is 0. The summed E-state index contributed by atoms with van der Waals surface area (Å²) >= 11 is 11.4. The second-order valence-electron chi connectivity index (χ2n) is 2.77. The summed E-state index contributed by atoms with van der Waals surface area (Å²) in [6.07, 6.45) is 1.48. The number of carbonyl (C=O) groups excluding carboxylic acids is 1. The van der Waals surface area contributed by atoms with Crippen LogP contribution in [0, 0.1) is 0 Å². The van der Waals surface area contributed by atoms with E-state index in [2.05, 4.69) is 0 Å². The number of hydrogen-bond acceptors (Lipinski definition) is 2. The van der Waals surface area contributed by atoms with Gasteiger partial charge in [0.25, 0.3) is 0 Å². The maximum Gasteiger partial charge on any atom is 0.175 e. The molecule has 5 heteroatoms. The van der Waals surface area contributed by atoms with Gasteiger partial charge in [0, 0.05) is 22.6 Å². The Morgan fingerprint density at radius 3 is 2.50 bits per heavy atom. The zero-order valence-corrected chi connectivity index (χ0v) is 9.75. The van der Waals surface area contributed by atoms with Crippen molar-refractivity contribution in [3.8, 4) is 0 Å². The van der Waals surface area contributed by atoms with E-state index in [-0.39, 0.29) is 11.5 Å². The number of carbonyl (C=O) groups is 1. The smallest absolute Gasteiger partial charge is 0.175 e. The number of Topliss-reactive ketones (excluding diaryl/α,β-unsaturated/α-hetero) is 1. The van der Waals surface area contributed by atoms with E-state index < -0.39 is 10.8 Å². The van der Waals surface area contributed by atoms with Gasteiger partial charge >= 0.3 is 0 Å². The molecule has 0 saturated heterocycles. The Kier molecular flexibility index (Phi) is 4.11. The predicted octanol–water partition coefficient (Wildman–Crippen LogP) is 2.55. The summed E-state index contributed by atoms with van der Waals surface area (Å²) in [5.74, 6) is -0.179. The first-order valence-electron chi connectivity index (χ1n) is 3.79. The number of rotatable bonds is 3. The van der Waals surface area contributed by atoms with Gasteiger partial charge in [0.2, 0.25) is 0 Å². The van der Waals surface area contributed by atoms with Gasteiger partial charge in [-0.05, 0) is 18.2 Å². The zero-order valence-electron chi connectivity index (χ0n) is 7.42. The van der Waals surface area contributed by atoms with Crippen molar-refractivity contribution in [2.75, 3.05) is 12.0 Å². The van der Waals surface area contributed by atoms with Gasteiger partial charge in [-0.25, -0.2) is 0 Å². The average molecular weight is 251 g/mol. The third-order valence-corrected chi connectivity index (χ3v) is 2.98. The molecule has 1 rings (SSSR count). The van der Waals surface area contributed by atoms with Gasteiger partial charge in [0.05, 0.1) is 15.8 Å². The molecular formula is C9H8Cl2O2S. The largest absolute Gasteiger partial charge is 0.293 e. The lowest BCUT2D eigenvalue weighted by Gasteiger charge is -2.00. The lowest BCUT2D eigenvalue weighted by atomic mass is 10.1. The second kappa shape index (κ2) is 4.91. The Balaban J connectivity index is 2.91. The molecule has 0 bridgehead atoms. The van der Waals surface area contributed by atoms with E-state index in [9.17, 15) is 9.00 Å². The van der Waals surface area contributed by atoms with Crippen LogP contribution in [-0.4, -0.2) is 22.0 Å². The Labute approximate surface area is 94.7 Å². The van der Waals surface area contributed by atoms with E-state index in [4.69, 9.17) is 23.2 Å². The van der Waals surface area contributed by atoms with Crippen LogP contribution in [0.25, 0.3) is 0 Å². The summed E-state index contributed by atoms with van der Waals surface area (Å²) in [7, 11) is -1.13. The molecule has 0 fully saturated rings. The van der Waals surface area contributed by atoms with Crippen LogP contribution in [0.2, 0.25) is 10.0 Å². The zero-order chi connectivity index (χ0) is 10.7. The SMILES string of the molecule is CS(=O)CC(=O)c1ccc(Cl)c(Cl)c1. The van der Waals surface area contributed by atoms with E-state index in [1.807, 2.05) is 0 Å². The highest BCUT2D eigenvalue weighted by molar-refractivity contribution is 7.85. The summed E-state index contributed by atoms with van der Waals surface area (Å²) in [5.41, 5.74) is 0.439. The van der Waals surface area contributed by atoms with Crippen LogP contribution in [0.1, 0.15) is 10.4 Å². The summed E-state index contributed by atoms with van der Waals surface area (Å²) < 4.78 is 10.8. The van der Waals surface area contributed by atoms with Gasteiger partial charge < -0.3 is 0 Å². The minimum Gasteiger partial charge on any atom is -0.293 e. The van der Waals surface area contributed by atoms with Crippen LogP contribution >= 0.6 is 23.2 Å². The predicted molar refractivity (Wildman–Crippen MR) is 59.7 cm³/mol. The Hall–Kier alpha value is -0.380. The highest BCUT2D eigenvalue weighted by atomic mass is 35.5. The lowest BCUT2D eigenvalue weighted by molar-refractivity contribution is 0.102. The molecule has 1 atom stereocenters. The summed E-state index contributed by atoms with van der Waals surface area (Å²) in [6, 6.07) is 4.61. The quantitative estimate of drug-likeness (QED) is 0.773. The molecule has 0 N–H and O–H groups in total. The van der Waals surface area contributed by atoms with Crippen molar-refractivity contribution < 1.29 is 9.00 Å². The van der Waals surface area contributed by atoms with Gasteiger partial charge in [-0.3, -0.25) is 9.00 Å². The molecule has 0 amide bonds. The van der Waals surface area contributed by atoms with Crippen molar-refractivity contribution in [2.24, 2.45) is 0 Å². The van der Waals surface area contributed by atoms with E-state index in [1.165, 1.54) is 12.3 Å². The van der Waals surface area contributed by atoms with Crippen molar-refractivity contribution in [3.63, 3.8) is 0 Å². The van der Waals surface area contributed by atoms with Crippen molar-refractivity contribution in [1.82, 2.24) is 0 Å². The first-order chi connectivity index (χ1) is 6.50. The topological polar surface area (TPSA) is 34.1 Å².